The number of hydrogen-bond acceptors (Lipinski definition) is 3. The van der Waals surface area contributed by atoms with Gasteiger partial charge in [0.1, 0.15) is 5.01 Å². The minimum atomic E-state index is 0.213. The third kappa shape index (κ3) is 2.99. The van der Waals surface area contributed by atoms with Gasteiger partial charge in [-0.05, 0) is 19.3 Å². The molecule has 0 bridgehead atoms. The summed E-state index contributed by atoms with van der Waals surface area (Å²) >= 11 is 7.23. The predicted octanol–water partition coefficient (Wildman–Crippen LogP) is 2.83. The molecule has 1 amide bonds. The quantitative estimate of drug-likeness (QED) is 0.790. The number of carbonyl (C=O) groups is 1. The highest BCUT2D eigenvalue weighted by molar-refractivity contribution is 7.09. The van der Waals surface area contributed by atoms with Crippen molar-refractivity contribution in [2.24, 2.45) is 0 Å². The molecule has 1 aliphatic heterocycles. The monoisotopic (exact) mass is 272 g/mol. The number of rotatable bonds is 4. The fraction of sp³-hybridized carbons (Fsp3) is 0.667. The lowest BCUT2D eigenvalue weighted by Gasteiger charge is -2.23. The second-order valence-corrected chi connectivity index (χ2v) is 5.54. The van der Waals surface area contributed by atoms with E-state index in [4.69, 9.17) is 11.6 Å². The van der Waals surface area contributed by atoms with Gasteiger partial charge in [0.25, 0.3) is 0 Å². The summed E-state index contributed by atoms with van der Waals surface area (Å²) in [6, 6.07) is 0.440. The maximum absolute atomic E-state index is 12.1. The normalized spacial score (nSPS) is 19.9. The van der Waals surface area contributed by atoms with Crippen molar-refractivity contribution in [3.8, 4) is 0 Å². The summed E-state index contributed by atoms with van der Waals surface area (Å²) in [7, 11) is 0. The SMILES string of the molecule is CCC1CCCN1C(=O)Cc1nc(CCl)cs1. The lowest BCUT2D eigenvalue weighted by atomic mass is 10.1. The Morgan fingerprint density at radius 1 is 1.71 bits per heavy atom. The molecule has 0 N–H and O–H groups in total. The van der Waals surface area contributed by atoms with E-state index in [-0.39, 0.29) is 5.91 Å². The molecule has 17 heavy (non-hydrogen) atoms. The molecule has 2 heterocycles. The summed E-state index contributed by atoms with van der Waals surface area (Å²) in [4.78, 5) is 18.5. The molecule has 0 radical (unpaired) electrons. The van der Waals surface area contributed by atoms with E-state index in [0.717, 1.165) is 36.5 Å². The van der Waals surface area contributed by atoms with Crippen molar-refractivity contribution in [3.63, 3.8) is 0 Å². The van der Waals surface area contributed by atoms with Gasteiger partial charge in [-0.3, -0.25) is 4.79 Å². The number of thiazole rings is 1. The van der Waals surface area contributed by atoms with Crippen molar-refractivity contribution < 1.29 is 4.79 Å². The first-order valence-electron chi connectivity index (χ1n) is 6.03. The largest absolute Gasteiger partial charge is 0.339 e. The Balaban J connectivity index is 1.96. The van der Waals surface area contributed by atoms with Crippen LogP contribution in [-0.2, 0) is 17.1 Å². The second kappa shape index (κ2) is 5.83. The summed E-state index contributed by atoms with van der Waals surface area (Å²) in [5.41, 5.74) is 0.868. The number of alkyl halides is 1. The van der Waals surface area contributed by atoms with Crippen molar-refractivity contribution in [1.82, 2.24) is 9.88 Å². The Morgan fingerprint density at radius 2 is 2.53 bits per heavy atom. The van der Waals surface area contributed by atoms with Gasteiger partial charge in [-0.2, -0.15) is 0 Å². The van der Waals surface area contributed by atoms with Crippen LogP contribution in [-0.4, -0.2) is 28.4 Å². The van der Waals surface area contributed by atoms with Crippen LogP contribution in [0.25, 0.3) is 0 Å². The van der Waals surface area contributed by atoms with Gasteiger partial charge in [0.05, 0.1) is 18.0 Å². The molecule has 1 aromatic rings. The van der Waals surface area contributed by atoms with Crippen LogP contribution in [0.1, 0.15) is 36.9 Å². The molecule has 1 saturated heterocycles. The standard InChI is InChI=1S/C12H17ClN2OS/c1-2-10-4-3-5-15(10)12(16)6-11-14-9(7-13)8-17-11/h8,10H,2-7H2,1H3. The first-order chi connectivity index (χ1) is 8.24. The molecule has 1 aliphatic rings. The lowest BCUT2D eigenvalue weighted by molar-refractivity contribution is -0.131. The van der Waals surface area contributed by atoms with Crippen molar-refractivity contribution >= 4 is 28.8 Å². The third-order valence-corrected chi connectivity index (χ3v) is 4.38. The van der Waals surface area contributed by atoms with Crippen LogP contribution in [0.5, 0.6) is 0 Å². The smallest absolute Gasteiger partial charge is 0.229 e. The van der Waals surface area contributed by atoms with Gasteiger partial charge in [0.15, 0.2) is 0 Å². The van der Waals surface area contributed by atoms with Gasteiger partial charge in [-0.25, -0.2) is 4.98 Å². The van der Waals surface area contributed by atoms with Gasteiger partial charge < -0.3 is 4.90 Å². The molecule has 3 nitrogen and oxygen atoms in total. The Morgan fingerprint density at radius 3 is 3.18 bits per heavy atom. The molecular weight excluding hydrogens is 256 g/mol. The molecule has 0 saturated carbocycles. The molecule has 2 rings (SSSR count). The number of likely N-dealkylation sites (tertiary alicyclic amines) is 1. The van der Waals surface area contributed by atoms with Crippen molar-refractivity contribution in [2.45, 2.75) is 44.5 Å². The number of carbonyl (C=O) groups excluding carboxylic acids is 1. The van der Waals surface area contributed by atoms with Gasteiger partial charge in [0, 0.05) is 18.0 Å². The maximum atomic E-state index is 12.1. The summed E-state index contributed by atoms with van der Waals surface area (Å²) < 4.78 is 0. The first-order valence-corrected chi connectivity index (χ1v) is 7.44. The van der Waals surface area contributed by atoms with Crippen LogP contribution in [0.15, 0.2) is 5.38 Å². The molecule has 1 aromatic heterocycles. The Labute approximate surface area is 111 Å². The van der Waals surface area contributed by atoms with Crippen LogP contribution in [0.3, 0.4) is 0 Å². The van der Waals surface area contributed by atoms with E-state index in [1.54, 1.807) is 0 Å². The molecular formula is C12H17ClN2OS. The van der Waals surface area contributed by atoms with E-state index in [1.165, 1.54) is 11.3 Å². The molecule has 0 aliphatic carbocycles. The molecule has 1 unspecified atom stereocenters. The molecule has 1 atom stereocenters. The topological polar surface area (TPSA) is 33.2 Å². The average Bonchev–Trinajstić information content (AvgIpc) is 2.96. The van der Waals surface area contributed by atoms with Crippen LogP contribution < -0.4 is 0 Å². The number of nitrogens with zero attached hydrogens (tertiary/aromatic N) is 2. The van der Waals surface area contributed by atoms with Crippen LogP contribution in [0, 0.1) is 0 Å². The highest BCUT2D eigenvalue weighted by Crippen LogP contribution is 2.21. The molecule has 5 heteroatoms. The van der Waals surface area contributed by atoms with E-state index in [2.05, 4.69) is 11.9 Å². The number of amides is 1. The Hall–Kier alpha value is -0.610. The maximum Gasteiger partial charge on any atom is 0.229 e. The van der Waals surface area contributed by atoms with E-state index in [9.17, 15) is 4.79 Å². The third-order valence-electron chi connectivity index (χ3n) is 3.21. The Kier molecular flexibility index (Phi) is 4.40. The highest BCUT2D eigenvalue weighted by Gasteiger charge is 2.27. The molecule has 0 aromatic carbocycles. The molecule has 1 fully saturated rings. The van der Waals surface area contributed by atoms with Crippen LogP contribution in [0.2, 0.25) is 0 Å². The fourth-order valence-corrected chi connectivity index (χ4v) is 3.32. The zero-order valence-corrected chi connectivity index (χ0v) is 11.6. The van der Waals surface area contributed by atoms with E-state index >= 15 is 0 Å². The Bertz CT molecular complexity index is 394. The summed E-state index contributed by atoms with van der Waals surface area (Å²) in [5, 5.41) is 2.81. The molecule has 94 valence electrons. The van der Waals surface area contributed by atoms with E-state index in [0.29, 0.717) is 18.3 Å². The minimum Gasteiger partial charge on any atom is -0.339 e. The van der Waals surface area contributed by atoms with Crippen LogP contribution >= 0.6 is 22.9 Å². The average molecular weight is 273 g/mol. The van der Waals surface area contributed by atoms with Gasteiger partial charge in [0.2, 0.25) is 5.91 Å². The van der Waals surface area contributed by atoms with Gasteiger partial charge in [-0.15, -0.1) is 22.9 Å². The zero-order valence-electron chi connectivity index (χ0n) is 9.99. The second-order valence-electron chi connectivity index (χ2n) is 4.33. The number of hydrogen-bond donors (Lipinski definition) is 0. The minimum absolute atomic E-state index is 0.213. The number of halogens is 1. The van der Waals surface area contributed by atoms with Gasteiger partial charge in [-0.1, -0.05) is 6.92 Å². The summed E-state index contributed by atoms with van der Waals surface area (Å²) in [6.07, 6.45) is 3.76. The summed E-state index contributed by atoms with van der Waals surface area (Å²) in [6.45, 7) is 3.05. The van der Waals surface area contributed by atoms with Crippen molar-refractivity contribution in [1.29, 1.82) is 0 Å². The lowest BCUT2D eigenvalue weighted by Crippen LogP contribution is -2.36. The number of aromatic nitrogens is 1. The first kappa shape index (κ1) is 12.8. The van der Waals surface area contributed by atoms with E-state index < -0.39 is 0 Å². The fourth-order valence-electron chi connectivity index (χ4n) is 2.31. The molecule has 0 spiro atoms. The van der Waals surface area contributed by atoms with Crippen molar-refractivity contribution in [2.75, 3.05) is 6.54 Å². The van der Waals surface area contributed by atoms with E-state index in [1.807, 2.05) is 10.3 Å². The van der Waals surface area contributed by atoms with Crippen LogP contribution in [0.4, 0.5) is 0 Å². The predicted molar refractivity (Wildman–Crippen MR) is 70.4 cm³/mol. The highest BCUT2D eigenvalue weighted by atomic mass is 35.5. The zero-order chi connectivity index (χ0) is 12.3. The van der Waals surface area contributed by atoms with Gasteiger partial charge >= 0.3 is 0 Å². The summed E-state index contributed by atoms with van der Waals surface area (Å²) in [5.74, 6) is 0.635. The van der Waals surface area contributed by atoms with Crippen molar-refractivity contribution in [3.05, 3.63) is 16.1 Å².